The minimum absolute atomic E-state index is 0. The average molecular weight is 265 g/mol. The monoisotopic (exact) mass is 264 g/mol. The number of alkyl halides is 1. The van der Waals surface area contributed by atoms with Crippen molar-refractivity contribution in [2.24, 2.45) is 0 Å². The van der Waals surface area contributed by atoms with Gasteiger partial charge in [0.05, 0.1) is 20.0 Å². The number of hydrogen-bond acceptors (Lipinski definition) is 3. The molecule has 0 aliphatic carbocycles. The average Bonchev–Trinajstić information content (AvgIpc) is 2.15. The molecule has 4 bridgehead atoms. The number of nitrogens with zero attached hydrogens (tertiary/aromatic N) is 4. The molecule has 4 aliphatic heterocycles. The molecule has 0 atom stereocenters. The summed E-state index contributed by atoms with van der Waals surface area (Å²) in [6.07, 6.45) is 4.31. The van der Waals surface area contributed by atoms with Gasteiger partial charge in [-0.15, -0.1) is 11.6 Å². The van der Waals surface area contributed by atoms with Gasteiger partial charge in [0.15, 0.2) is 0 Å². The second-order valence-electron chi connectivity index (χ2n) is 5.01. The van der Waals surface area contributed by atoms with Crippen LogP contribution in [0.1, 0.15) is 0 Å². The molecule has 0 radical (unpaired) electrons. The number of hydrogen-bond donors (Lipinski definition) is 0. The molecule has 4 rings (SSSR count). The quantitative estimate of drug-likeness (QED) is 0.312. The third-order valence-electron chi connectivity index (χ3n) is 3.45. The Hall–Kier alpha value is 0.160. The summed E-state index contributed by atoms with van der Waals surface area (Å²) in [7, 11) is 0. The van der Waals surface area contributed by atoms with Crippen molar-refractivity contribution < 1.29 is 16.9 Å². The van der Waals surface area contributed by atoms with Crippen LogP contribution < -0.4 is 12.4 Å². The fourth-order valence-corrected chi connectivity index (χ4v) is 3.32. The number of halogens is 2. The Bertz CT molecular complexity index is 247. The highest BCUT2D eigenvalue weighted by Gasteiger charge is 2.47. The number of rotatable bonds is 3. The first-order valence-corrected chi connectivity index (χ1v) is 6.06. The first-order valence-electron chi connectivity index (χ1n) is 5.53. The summed E-state index contributed by atoms with van der Waals surface area (Å²) in [6, 6.07) is 0. The summed E-state index contributed by atoms with van der Waals surface area (Å²) >= 11 is 5.66. The maximum absolute atomic E-state index is 5.66. The number of allylic oxidation sites excluding steroid dienone is 1. The van der Waals surface area contributed by atoms with Gasteiger partial charge in [-0.05, 0) is 6.08 Å². The molecule has 4 heterocycles. The van der Waals surface area contributed by atoms with Gasteiger partial charge in [-0.1, -0.05) is 6.08 Å². The van der Waals surface area contributed by atoms with Crippen LogP contribution in [0.2, 0.25) is 0 Å². The molecule has 4 aliphatic rings. The zero-order valence-corrected chi connectivity index (χ0v) is 10.9. The molecule has 4 nitrogen and oxygen atoms in total. The fourth-order valence-electron chi connectivity index (χ4n) is 3.19. The molecular weight excluding hydrogens is 247 g/mol. The lowest BCUT2D eigenvalue weighted by Crippen LogP contribution is -3.00. The van der Waals surface area contributed by atoms with Crippen LogP contribution in [-0.2, 0) is 0 Å². The maximum Gasteiger partial charge on any atom is 0.139 e. The molecule has 0 aromatic heterocycles. The van der Waals surface area contributed by atoms with Crippen LogP contribution in [0.15, 0.2) is 12.2 Å². The van der Waals surface area contributed by atoms with E-state index in [1.807, 2.05) is 0 Å². The smallest absolute Gasteiger partial charge is 0.139 e. The lowest BCUT2D eigenvalue weighted by Gasteiger charge is -2.60. The zero-order valence-electron chi connectivity index (χ0n) is 9.36. The van der Waals surface area contributed by atoms with Crippen molar-refractivity contribution in [2.45, 2.75) is 0 Å². The summed E-state index contributed by atoms with van der Waals surface area (Å²) in [5.74, 6) is 0.636. The maximum atomic E-state index is 5.66. The van der Waals surface area contributed by atoms with Crippen molar-refractivity contribution in [3.8, 4) is 0 Å². The second-order valence-corrected chi connectivity index (χ2v) is 5.32. The van der Waals surface area contributed by atoms with Crippen LogP contribution in [0.5, 0.6) is 0 Å². The predicted octanol–water partition coefficient (Wildman–Crippen LogP) is -2.71. The van der Waals surface area contributed by atoms with Crippen molar-refractivity contribution in [3.05, 3.63) is 12.2 Å². The van der Waals surface area contributed by atoms with E-state index in [1.165, 1.54) is 24.5 Å². The first kappa shape index (κ1) is 12.6. The minimum Gasteiger partial charge on any atom is -1.00 e. The topological polar surface area (TPSA) is 9.72 Å². The van der Waals surface area contributed by atoms with Gasteiger partial charge in [-0.3, -0.25) is 4.48 Å². The van der Waals surface area contributed by atoms with E-state index in [2.05, 4.69) is 26.9 Å². The third-order valence-corrected chi connectivity index (χ3v) is 3.63. The summed E-state index contributed by atoms with van der Waals surface area (Å²) in [5, 5.41) is 0. The fraction of sp³-hybridized carbons (Fsp3) is 0.800. The van der Waals surface area contributed by atoms with Gasteiger partial charge in [0.2, 0.25) is 0 Å². The Morgan fingerprint density at radius 2 is 1.44 bits per heavy atom. The normalized spacial score (nSPS) is 44.9. The third kappa shape index (κ3) is 2.23. The van der Waals surface area contributed by atoms with E-state index in [4.69, 9.17) is 11.6 Å². The van der Waals surface area contributed by atoms with Gasteiger partial charge in [0.1, 0.15) is 26.6 Å². The molecule has 0 spiro atoms. The van der Waals surface area contributed by atoms with Gasteiger partial charge < -0.3 is 12.4 Å². The van der Waals surface area contributed by atoms with Crippen LogP contribution in [0.4, 0.5) is 0 Å². The second kappa shape index (κ2) is 4.80. The lowest BCUT2D eigenvalue weighted by molar-refractivity contribution is -0.975. The molecule has 92 valence electrons. The van der Waals surface area contributed by atoms with Crippen LogP contribution in [0.25, 0.3) is 0 Å². The molecule has 0 N–H and O–H groups in total. The van der Waals surface area contributed by atoms with E-state index in [0.717, 1.165) is 26.6 Å². The van der Waals surface area contributed by atoms with Crippen molar-refractivity contribution in [1.82, 2.24) is 14.7 Å². The Labute approximate surface area is 108 Å². The van der Waals surface area contributed by atoms with Gasteiger partial charge >= 0.3 is 0 Å². The molecule has 16 heavy (non-hydrogen) atoms. The van der Waals surface area contributed by atoms with Gasteiger partial charge in [0, 0.05) is 5.88 Å². The van der Waals surface area contributed by atoms with Crippen LogP contribution in [0, 0.1) is 0 Å². The van der Waals surface area contributed by atoms with Crippen molar-refractivity contribution in [3.63, 3.8) is 0 Å². The van der Waals surface area contributed by atoms with E-state index < -0.39 is 0 Å². The molecule has 0 aromatic carbocycles. The van der Waals surface area contributed by atoms with Crippen molar-refractivity contribution >= 4 is 11.6 Å². The van der Waals surface area contributed by atoms with Gasteiger partial charge in [0.25, 0.3) is 0 Å². The lowest BCUT2D eigenvalue weighted by atomic mass is 10.3. The highest BCUT2D eigenvalue weighted by molar-refractivity contribution is 6.18. The molecular formula is C10H18Cl2N4. The van der Waals surface area contributed by atoms with E-state index in [9.17, 15) is 0 Å². The Balaban J connectivity index is 0.000000963. The summed E-state index contributed by atoms with van der Waals surface area (Å²) < 4.78 is 1.17. The molecule has 6 heteroatoms. The van der Waals surface area contributed by atoms with Gasteiger partial charge in [-0.2, -0.15) is 0 Å². The largest absolute Gasteiger partial charge is 1.00 e. The van der Waals surface area contributed by atoms with E-state index in [-0.39, 0.29) is 12.4 Å². The van der Waals surface area contributed by atoms with E-state index in [0.29, 0.717) is 5.88 Å². The Morgan fingerprint density at radius 3 is 1.88 bits per heavy atom. The van der Waals surface area contributed by atoms with Crippen LogP contribution in [0.3, 0.4) is 0 Å². The minimum atomic E-state index is 0. The SMILES string of the molecule is ClC/C=C/C[N+]12CN3CN(CN(C3)C1)C2.[Cl-]. The highest BCUT2D eigenvalue weighted by Crippen LogP contribution is 2.28. The zero-order chi connectivity index (χ0) is 10.3. The molecule has 0 aromatic rings. The van der Waals surface area contributed by atoms with Crippen LogP contribution in [-0.4, -0.2) is 71.6 Å². The molecule has 4 fully saturated rings. The highest BCUT2D eigenvalue weighted by atomic mass is 35.5. The van der Waals surface area contributed by atoms with Crippen molar-refractivity contribution in [1.29, 1.82) is 0 Å². The standard InChI is InChI=1S/C10H18ClN4.ClH/c11-3-1-2-4-15-8-12-5-13(9-15)7-14(6-12)10-15;/h1-2H,3-10H2;1H/q+1;/p-1/b2-1+;. The Morgan fingerprint density at radius 1 is 0.938 bits per heavy atom. The molecule has 0 unspecified atom stereocenters. The first-order chi connectivity index (χ1) is 7.30. The summed E-state index contributed by atoms with van der Waals surface area (Å²) in [5.41, 5.74) is 0. The van der Waals surface area contributed by atoms with Gasteiger partial charge in [-0.25, -0.2) is 14.7 Å². The summed E-state index contributed by atoms with van der Waals surface area (Å²) in [6.45, 7) is 8.23. The summed E-state index contributed by atoms with van der Waals surface area (Å²) in [4.78, 5) is 7.60. The predicted molar refractivity (Wildman–Crippen MR) is 59.7 cm³/mol. The Kier molecular flexibility index (Phi) is 3.79. The van der Waals surface area contributed by atoms with E-state index in [1.54, 1.807) is 0 Å². The molecule has 0 amide bonds. The van der Waals surface area contributed by atoms with E-state index >= 15 is 0 Å². The molecule has 4 saturated heterocycles. The molecule has 0 saturated carbocycles. The van der Waals surface area contributed by atoms with Crippen molar-refractivity contribution in [2.75, 3.05) is 52.4 Å². The van der Waals surface area contributed by atoms with Crippen LogP contribution >= 0.6 is 11.6 Å². The number of quaternary nitrogens is 1.